The number of aliphatic imine (C=N–C) groups is 1. The van der Waals surface area contributed by atoms with E-state index in [9.17, 15) is 22.8 Å². The van der Waals surface area contributed by atoms with E-state index < -0.39 is 42.3 Å². The lowest BCUT2D eigenvalue weighted by Crippen LogP contribution is -2.45. The molecule has 1 aliphatic rings. The van der Waals surface area contributed by atoms with Crippen LogP contribution in [0.4, 0.5) is 18.0 Å². The number of halogens is 3. The first-order chi connectivity index (χ1) is 17.2. The molecule has 0 radical (unpaired) electrons. The molecule has 8 nitrogen and oxygen atoms in total. The summed E-state index contributed by atoms with van der Waals surface area (Å²) in [6, 6.07) is 15.1. The number of ether oxygens (including phenoxy) is 3. The van der Waals surface area contributed by atoms with E-state index in [0.29, 0.717) is 5.56 Å². The average molecular weight is 508 g/mol. The number of nitrogens with one attached hydrogen (secondary N) is 1. The Balaban J connectivity index is 1.62. The van der Waals surface area contributed by atoms with Crippen molar-refractivity contribution < 1.29 is 37.0 Å². The summed E-state index contributed by atoms with van der Waals surface area (Å²) in [6.45, 7) is -0.110. The normalized spacial score (nSPS) is 20.3. The maximum atomic E-state index is 14.0. The molecule has 0 saturated heterocycles. The number of alkyl halides is 3. The molecule has 0 saturated carbocycles. The number of hydrogen-bond acceptors (Lipinski definition) is 7. The van der Waals surface area contributed by atoms with Gasteiger partial charge in [0.2, 0.25) is 0 Å². The zero-order valence-corrected chi connectivity index (χ0v) is 19.6. The predicted octanol–water partition coefficient (Wildman–Crippen LogP) is 3.74. The molecule has 1 amide bonds. The molecular formula is C25H28F3N3O5. The molecule has 194 valence electrons. The smallest absolute Gasteiger partial charge is 0.408 e. The number of carbonyl (C=O) groups is 2. The molecule has 2 aromatic rings. The SMILES string of the molecule is COC(=O)C(CCC1N=C(N)C(OCc2ccccc2)C1C(F)(F)F)NC(=O)OCc1ccccc1. The van der Waals surface area contributed by atoms with Gasteiger partial charge in [0.25, 0.3) is 0 Å². The number of carbonyl (C=O) groups excluding carboxylic acids is 2. The summed E-state index contributed by atoms with van der Waals surface area (Å²) in [4.78, 5) is 28.4. The minimum atomic E-state index is -4.65. The van der Waals surface area contributed by atoms with Crippen molar-refractivity contribution in [1.29, 1.82) is 0 Å². The van der Waals surface area contributed by atoms with Crippen molar-refractivity contribution in [3.8, 4) is 0 Å². The maximum Gasteiger partial charge on any atom is 0.408 e. The molecular weight excluding hydrogens is 479 g/mol. The van der Waals surface area contributed by atoms with Gasteiger partial charge in [-0.15, -0.1) is 0 Å². The van der Waals surface area contributed by atoms with Crippen LogP contribution in [0.25, 0.3) is 0 Å². The van der Waals surface area contributed by atoms with Crippen molar-refractivity contribution in [3.63, 3.8) is 0 Å². The average Bonchev–Trinajstić information content (AvgIpc) is 3.20. The van der Waals surface area contributed by atoms with Crippen LogP contribution in [-0.2, 0) is 32.2 Å². The second-order valence-electron chi connectivity index (χ2n) is 8.27. The van der Waals surface area contributed by atoms with E-state index in [-0.39, 0.29) is 31.9 Å². The quantitative estimate of drug-likeness (QED) is 0.474. The van der Waals surface area contributed by atoms with Crippen LogP contribution < -0.4 is 11.1 Å². The molecule has 0 fully saturated rings. The Morgan fingerprint density at radius 2 is 1.61 bits per heavy atom. The monoisotopic (exact) mass is 507 g/mol. The highest BCUT2D eigenvalue weighted by Crippen LogP contribution is 2.40. The number of nitrogens with two attached hydrogens (primary N) is 1. The number of amidine groups is 1. The lowest BCUT2D eigenvalue weighted by molar-refractivity contribution is -0.200. The minimum absolute atomic E-state index is 0.0411. The third-order valence-corrected chi connectivity index (χ3v) is 5.74. The van der Waals surface area contributed by atoms with Gasteiger partial charge < -0.3 is 25.3 Å². The van der Waals surface area contributed by atoms with Crippen LogP contribution in [-0.4, -0.2) is 49.4 Å². The first-order valence-corrected chi connectivity index (χ1v) is 11.3. The predicted molar refractivity (Wildman–Crippen MR) is 125 cm³/mol. The molecule has 0 bridgehead atoms. The van der Waals surface area contributed by atoms with Gasteiger partial charge in [-0.25, -0.2) is 9.59 Å². The number of alkyl carbamates (subject to hydrolysis) is 1. The highest BCUT2D eigenvalue weighted by molar-refractivity contribution is 5.87. The van der Waals surface area contributed by atoms with E-state index >= 15 is 0 Å². The van der Waals surface area contributed by atoms with Gasteiger partial charge in [-0.3, -0.25) is 4.99 Å². The summed E-state index contributed by atoms with van der Waals surface area (Å²) in [6.07, 6.45) is -7.39. The molecule has 36 heavy (non-hydrogen) atoms. The largest absolute Gasteiger partial charge is 0.467 e. The van der Waals surface area contributed by atoms with Crippen LogP contribution in [0.3, 0.4) is 0 Å². The van der Waals surface area contributed by atoms with Crippen LogP contribution in [0.1, 0.15) is 24.0 Å². The molecule has 0 aromatic heterocycles. The van der Waals surface area contributed by atoms with Gasteiger partial charge >= 0.3 is 18.2 Å². The van der Waals surface area contributed by atoms with Crippen molar-refractivity contribution in [2.45, 2.75) is 50.4 Å². The molecule has 0 spiro atoms. The molecule has 11 heteroatoms. The maximum absolute atomic E-state index is 14.0. The highest BCUT2D eigenvalue weighted by atomic mass is 19.4. The number of esters is 1. The minimum Gasteiger partial charge on any atom is -0.467 e. The van der Waals surface area contributed by atoms with E-state index in [2.05, 4.69) is 10.3 Å². The molecule has 3 N–H and O–H groups in total. The van der Waals surface area contributed by atoms with Crippen molar-refractivity contribution in [2.75, 3.05) is 7.11 Å². The van der Waals surface area contributed by atoms with Crippen LogP contribution in [0, 0.1) is 5.92 Å². The van der Waals surface area contributed by atoms with Crippen molar-refractivity contribution in [3.05, 3.63) is 71.8 Å². The van der Waals surface area contributed by atoms with Crippen molar-refractivity contribution >= 4 is 17.9 Å². The fourth-order valence-electron chi connectivity index (χ4n) is 3.95. The van der Waals surface area contributed by atoms with Crippen molar-refractivity contribution in [2.24, 2.45) is 16.6 Å². The molecule has 1 heterocycles. The fourth-order valence-corrected chi connectivity index (χ4v) is 3.95. The third-order valence-electron chi connectivity index (χ3n) is 5.74. The lowest BCUT2D eigenvalue weighted by atomic mass is 9.91. The van der Waals surface area contributed by atoms with E-state index in [0.717, 1.165) is 12.7 Å². The van der Waals surface area contributed by atoms with Gasteiger partial charge in [-0.05, 0) is 24.0 Å². The van der Waals surface area contributed by atoms with Crippen LogP contribution in [0.5, 0.6) is 0 Å². The summed E-state index contributed by atoms with van der Waals surface area (Å²) in [7, 11) is 1.12. The number of methoxy groups -OCH3 is 1. The molecule has 4 unspecified atom stereocenters. The standard InChI is InChI=1S/C25H28F3N3O5/c1-34-23(32)19(31-24(33)36-15-17-10-6-3-7-11-17)13-12-18-20(25(26,27)28)21(22(29)30-18)35-14-16-8-4-2-5-9-16/h2-11,18-21H,12-15H2,1H3,(H2,29,30)(H,31,33). The van der Waals surface area contributed by atoms with E-state index in [1.165, 1.54) is 0 Å². The molecule has 2 aromatic carbocycles. The van der Waals surface area contributed by atoms with Gasteiger partial charge in [-0.1, -0.05) is 60.7 Å². The van der Waals surface area contributed by atoms with Crippen LogP contribution >= 0.6 is 0 Å². The zero-order chi connectivity index (χ0) is 26.1. The lowest BCUT2D eigenvalue weighted by Gasteiger charge is -2.27. The molecule has 0 aliphatic carbocycles. The summed E-state index contributed by atoms with van der Waals surface area (Å²) < 4.78 is 57.3. The van der Waals surface area contributed by atoms with Crippen LogP contribution in [0.15, 0.2) is 65.7 Å². The molecule has 1 aliphatic heterocycles. The van der Waals surface area contributed by atoms with Crippen LogP contribution in [0.2, 0.25) is 0 Å². The van der Waals surface area contributed by atoms with Gasteiger partial charge in [0.15, 0.2) is 0 Å². The first-order valence-electron chi connectivity index (χ1n) is 11.3. The van der Waals surface area contributed by atoms with Gasteiger partial charge in [0, 0.05) is 0 Å². The highest BCUT2D eigenvalue weighted by Gasteiger charge is 2.54. The zero-order valence-electron chi connectivity index (χ0n) is 19.6. The summed E-state index contributed by atoms with van der Waals surface area (Å²) in [5, 5.41) is 2.36. The summed E-state index contributed by atoms with van der Waals surface area (Å²) in [5.74, 6) is -3.07. The number of rotatable bonds is 10. The Morgan fingerprint density at radius 1 is 1.03 bits per heavy atom. The Morgan fingerprint density at radius 3 is 2.17 bits per heavy atom. The Kier molecular flexibility index (Phi) is 9.29. The second kappa shape index (κ2) is 12.4. The van der Waals surface area contributed by atoms with Gasteiger partial charge in [0.05, 0.1) is 19.8 Å². The summed E-state index contributed by atoms with van der Waals surface area (Å²) >= 11 is 0. The van der Waals surface area contributed by atoms with E-state index in [4.69, 9.17) is 19.9 Å². The Bertz CT molecular complexity index is 1030. The van der Waals surface area contributed by atoms with Gasteiger partial charge in [-0.2, -0.15) is 13.2 Å². The van der Waals surface area contributed by atoms with E-state index in [1.807, 2.05) is 0 Å². The molecule has 4 atom stereocenters. The Labute approximate surface area is 206 Å². The fraction of sp³-hybridized carbons (Fsp3) is 0.400. The third kappa shape index (κ3) is 7.45. The first kappa shape index (κ1) is 27.0. The second-order valence-corrected chi connectivity index (χ2v) is 8.27. The van der Waals surface area contributed by atoms with Gasteiger partial charge in [0.1, 0.15) is 30.5 Å². The topological polar surface area (TPSA) is 112 Å². The van der Waals surface area contributed by atoms with E-state index in [1.54, 1.807) is 60.7 Å². The number of amides is 1. The Hall–Kier alpha value is -3.60. The number of nitrogens with zero attached hydrogens (tertiary/aromatic N) is 1. The number of hydrogen-bond donors (Lipinski definition) is 2. The molecule has 3 rings (SSSR count). The number of benzene rings is 2. The summed E-state index contributed by atoms with van der Waals surface area (Å²) in [5.41, 5.74) is 7.25. The van der Waals surface area contributed by atoms with Crippen molar-refractivity contribution in [1.82, 2.24) is 5.32 Å².